The van der Waals surface area contributed by atoms with Crippen LogP contribution in [0.25, 0.3) is 0 Å². The topological polar surface area (TPSA) is 74.6 Å². The Kier molecular flexibility index (Phi) is 11.4. The van der Waals surface area contributed by atoms with Gasteiger partial charge in [0.15, 0.2) is 0 Å². The molecule has 0 amide bonds. The van der Waals surface area contributed by atoms with Crippen LogP contribution in [0.5, 0.6) is 0 Å². The zero-order chi connectivity index (χ0) is 19.2. The van der Waals surface area contributed by atoms with Crippen LogP contribution < -0.4 is 0 Å². The Morgan fingerprint density at radius 2 is 1.42 bits per heavy atom. The van der Waals surface area contributed by atoms with Crippen LogP contribution in [0.15, 0.2) is 24.3 Å². The van der Waals surface area contributed by atoms with Gasteiger partial charge in [0.05, 0.1) is 0 Å². The number of rotatable bonds is 15. The lowest BCUT2D eigenvalue weighted by molar-refractivity contribution is -0.138. The van der Waals surface area contributed by atoms with Gasteiger partial charge >= 0.3 is 11.9 Å². The van der Waals surface area contributed by atoms with E-state index in [-0.39, 0.29) is 12.8 Å². The van der Waals surface area contributed by atoms with Crippen molar-refractivity contribution in [3.05, 3.63) is 35.4 Å². The normalized spacial score (nSPS) is 12.0. The first-order chi connectivity index (χ1) is 12.5. The van der Waals surface area contributed by atoms with E-state index in [0.29, 0.717) is 12.3 Å². The van der Waals surface area contributed by atoms with E-state index in [9.17, 15) is 9.59 Å². The van der Waals surface area contributed by atoms with Crippen molar-refractivity contribution in [3.63, 3.8) is 0 Å². The largest absolute Gasteiger partial charge is 0.481 e. The number of carboxylic acids is 2. The maximum Gasteiger partial charge on any atom is 0.303 e. The number of carboxylic acid groups (broad SMARTS) is 2. The minimum absolute atomic E-state index is 0.221. The van der Waals surface area contributed by atoms with Crippen molar-refractivity contribution in [2.45, 2.75) is 84.0 Å². The van der Waals surface area contributed by atoms with Crippen molar-refractivity contribution in [2.24, 2.45) is 5.92 Å². The minimum Gasteiger partial charge on any atom is -0.481 e. The molecule has 26 heavy (non-hydrogen) atoms. The quantitative estimate of drug-likeness (QED) is 0.405. The summed E-state index contributed by atoms with van der Waals surface area (Å²) in [5.74, 6) is -1.08. The predicted molar refractivity (Wildman–Crippen MR) is 104 cm³/mol. The molecule has 0 aliphatic heterocycles. The molecule has 1 atom stereocenters. The Morgan fingerprint density at radius 3 is 2.04 bits per heavy atom. The second-order valence-electron chi connectivity index (χ2n) is 7.27. The van der Waals surface area contributed by atoms with Gasteiger partial charge in [-0.25, -0.2) is 0 Å². The predicted octanol–water partition coefficient (Wildman–Crippen LogP) is 5.48. The second kappa shape index (κ2) is 13.4. The molecule has 0 spiro atoms. The second-order valence-corrected chi connectivity index (χ2v) is 7.27. The highest BCUT2D eigenvalue weighted by Crippen LogP contribution is 2.22. The van der Waals surface area contributed by atoms with E-state index in [2.05, 4.69) is 31.2 Å². The number of aliphatic carboxylic acids is 2. The Balaban J connectivity index is 2.43. The van der Waals surface area contributed by atoms with E-state index in [1.807, 2.05) is 0 Å². The molecule has 4 nitrogen and oxygen atoms in total. The molecule has 1 aromatic rings. The van der Waals surface area contributed by atoms with Gasteiger partial charge in [-0.2, -0.15) is 0 Å². The first kappa shape index (κ1) is 22.2. The zero-order valence-electron chi connectivity index (χ0n) is 16.1. The lowest BCUT2D eigenvalue weighted by Gasteiger charge is -2.16. The monoisotopic (exact) mass is 362 g/mol. The summed E-state index contributed by atoms with van der Waals surface area (Å²) in [5.41, 5.74) is 2.66. The summed E-state index contributed by atoms with van der Waals surface area (Å²) >= 11 is 0. The number of hydrogen-bond donors (Lipinski definition) is 2. The highest BCUT2D eigenvalue weighted by atomic mass is 16.4. The summed E-state index contributed by atoms with van der Waals surface area (Å²) in [7, 11) is 0. The lowest BCUT2D eigenvalue weighted by atomic mass is 9.89. The standard InChI is InChI=1S/C22H34O4/c1-2-3-8-18-11-13-20(14-12-18)17-19(15-16-22(25)26)9-6-4-5-7-10-21(23)24/h11-14,19H,2-10,15-17H2,1H3,(H,23,24)(H,25,26). The Bertz CT molecular complexity index is 521. The van der Waals surface area contributed by atoms with Crippen molar-refractivity contribution in [3.8, 4) is 0 Å². The Hall–Kier alpha value is -1.84. The maximum absolute atomic E-state index is 10.9. The molecule has 0 aromatic heterocycles. The van der Waals surface area contributed by atoms with Crippen LogP contribution in [-0.2, 0) is 22.4 Å². The van der Waals surface area contributed by atoms with Gasteiger partial charge in [-0.3, -0.25) is 9.59 Å². The molecule has 0 saturated heterocycles. The van der Waals surface area contributed by atoms with E-state index >= 15 is 0 Å². The number of benzene rings is 1. The number of unbranched alkanes of at least 4 members (excludes halogenated alkanes) is 4. The Morgan fingerprint density at radius 1 is 0.808 bits per heavy atom. The van der Waals surface area contributed by atoms with Gasteiger partial charge in [-0.15, -0.1) is 0 Å². The number of hydrogen-bond acceptors (Lipinski definition) is 2. The van der Waals surface area contributed by atoms with Gasteiger partial charge in [0.2, 0.25) is 0 Å². The molecule has 1 aromatic carbocycles. The molecule has 0 radical (unpaired) electrons. The molecular formula is C22H34O4. The van der Waals surface area contributed by atoms with Gasteiger partial charge < -0.3 is 10.2 Å². The molecule has 0 saturated carbocycles. The van der Waals surface area contributed by atoms with Gasteiger partial charge in [0, 0.05) is 12.8 Å². The third-order valence-electron chi connectivity index (χ3n) is 4.89. The molecule has 2 N–H and O–H groups in total. The highest BCUT2D eigenvalue weighted by Gasteiger charge is 2.12. The first-order valence-corrected chi connectivity index (χ1v) is 10.0. The fraction of sp³-hybridized carbons (Fsp3) is 0.636. The van der Waals surface area contributed by atoms with Crippen molar-refractivity contribution in [2.75, 3.05) is 0 Å². The van der Waals surface area contributed by atoms with Crippen LogP contribution in [0.2, 0.25) is 0 Å². The fourth-order valence-corrected chi connectivity index (χ4v) is 3.30. The van der Waals surface area contributed by atoms with E-state index in [1.54, 1.807) is 0 Å². The molecule has 0 aliphatic rings. The maximum atomic E-state index is 10.9. The zero-order valence-corrected chi connectivity index (χ0v) is 16.1. The number of aryl methyl sites for hydroxylation is 1. The smallest absolute Gasteiger partial charge is 0.303 e. The van der Waals surface area contributed by atoms with E-state index in [4.69, 9.17) is 10.2 Å². The third-order valence-corrected chi connectivity index (χ3v) is 4.89. The molecule has 0 fully saturated rings. The van der Waals surface area contributed by atoms with E-state index in [0.717, 1.165) is 44.9 Å². The van der Waals surface area contributed by atoms with Crippen LogP contribution in [0.4, 0.5) is 0 Å². The fourth-order valence-electron chi connectivity index (χ4n) is 3.30. The van der Waals surface area contributed by atoms with Crippen molar-refractivity contribution >= 4 is 11.9 Å². The Labute approximate surface area is 157 Å². The van der Waals surface area contributed by atoms with Gasteiger partial charge in [0.1, 0.15) is 0 Å². The van der Waals surface area contributed by atoms with Crippen LogP contribution in [0, 0.1) is 5.92 Å². The van der Waals surface area contributed by atoms with Crippen molar-refractivity contribution < 1.29 is 19.8 Å². The molecular weight excluding hydrogens is 328 g/mol. The number of carbonyl (C=O) groups is 2. The van der Waals surface area contributed by atoms with Gasteiger partial charge in [-0.1, -0.05) is 63.3 Å². The summed E-state index contributed by atoms with van der Waals surface area (Å²) in [6.45, 7) is 2.20. The average molecular weight is 363 g/mol. The molecule has 1 rings (SSSR count). The summed E-state index contributed by atoms with van der Waals surface area (Å²) < 4.78 is 0. The van der Waals surface area contributed by atoms with Crippen LogP contribution in [-0.4, -0.2) is 22.2 Å². The molecule has 0 aliphatic carbocycles. The summed E-state index contributed by atoms with van der Waals surface area (Å²) in [6.07, 6.45) is 10.4. The third kappa shape index (κ3) is 10.9. The lowest BCUT2D eigenvalue weighted by Crippen LogP contribution is -2.08. The molecule has 146 valence electrons. The highest BCUT2D eigenvalue weighted by molar-refractivity contribution is 5.66. The average Bonchev–Trinajstić information content (AvgIpc) is 2.61. The van der Waals surface area contributed by atoms with E-state index < -0.39 is 11.9 Å². The first-order valence-electron chi connectivity index (χ1n) is 10.0. The van der Waals surface area contributed by atoms with Crippen LogP contribution in [0.3, 0.4) is 0 Å². The van der Waals surface area contributed by atoms with Crippen molar-refractivity contribution in [1.82, 2.24) is 0 Å². The molecule has 1 unspecified atom stereocenters. The van der Waals surface area contributed by atoms with Gasteiger partial charge in [0.25, 0.3) is 0 Å². The molecule has 0 bridgehead atoms. The van der Waals surface area contributed by atoms with E-state index in [1.165, 1.54) is 24.0 Å². The van der Waals surface area contributed by atoms with Crippen molar-refractivity contribution in [1.29, 1.82) is 0 Å². The summed E-state index contributed by atoms with van der Waals surface area (Å²) in [4.78, 5) is 21.4. The summed E-state index contributed by atoms with van der Waals surface area (Å²) in [6, 6.07) is 8.77. The van der Waals surface area contributed by atoms with Crippen LogP contribution >= 0.6 is 0 Å². The SMILES string of the molecule is CCCCc1ccc(CC(CCCCCCC(=O)O)CCC(=O)O)cc1. The van der Waals surface area contributed by atoms with Gasteiger partial charge in [-0.05, 0) is 49.1 Å². The molecule has 4 heteroatoms. The summed E-state index contributed by atoms with van der Waals surface area (Å²) in [5, 5.41) is 17.6. The van der Waals surface area contributed by atoms with Crippen LogP contribution in [0.1, 0.15) is 82.3 Å². The minimum atomic E-state index is -0.730. The molecule has 0 heterocycles.